The molecule has 0 atom stereocenters. The van der Waals surface area contributed by atoms with Crippen molar-refractivity contribution >= 4 is 0 Å². The van der Waals surface area contributed by atoms with Crippen LogP contribution in [0.1, 0.15) is 29.8 Å². The lowest BCUT2D eigenvalue weighted by atomic mass is 10.1. The van der Waals surface area contributed by atoms with Crippen molar-refractivity contribution in [3.05, 3.63) is 41.2 Å². The molecule has 1 fully saturated rings. The molecule has 1 aliphatic carbocycles. The van der Waals surface area contributed by atoms with Crippen LogP contribution in [0.15, 0.2) is 24.3 Å². The van der Waals surface area contributed by atoms with E-state index in [1.165, 1.54) is 18.4 Å². The number of aryl methyl sites for hydroxylation is 2. The van der Waals surface area contributed by atoms with Crippen LogP contribution < -0.4 is 10.1 Å². The second-order valence-corrected chi connectivity index (χ2v) is 5.58. The summed E-state index contributed by atoms with van der Waals surface area (Å²) in [7, 11) is 1.67. The van der Waals surface area contributed by atoms with Crippen LogP contribution in [0, 0.1) is 13.8 Å². The Morgan fingerprint density at radius 2 is 1.71 bits per heavy atom. The molecular formula is C17H21N3O. The van der Waals surface area contributed by atoms with Gasteiger partial charge in [-0.05, 0) is 51.0 Å². The van der Waals surface area contributed by atoms with Crippen LogP contribution in [0.3, 0.4) is 0 Å². The Bertz CT molecular complexity index is 610. The van der Waals surface area contributed by atoms with Crippen molar-refractivity contribution in [3.63, 3.8) is 0 Å². The van der Waals surface area contributed by atoms with Crippen LogP contribution in [0.4, 0.5) is 0 Å². The maximum atomic E-state index is 5.18. The van der Waals surface area contributed by atoms with Gasteiger partial charge in [0.2, 0.25) is 0 Å². The van der Waals surface area contributed by atoms with Gasteiger partial charge in [-0.1, -0.05) is 0 Å². The fourth-order valence-corrected chi connectivity index (χ4v) is 2.40. The Balaban J connectivity index is 1.85. The molecule has 21 heavy (non-hydrogen) atoms. The normalized spacial score (nSPS) is 14.2. The van der Waals surface area contributed by atoms with Crippen LogP contribution in [0.25, 0.3) is 11.4 Å². The Morgan fingerprint density at radius 1 is 1.10 bits per heavy atom. The third-order valence-electron chi connectivity index (χ3n) is 3.91. The van der Waals surface area contributed by atoms with Crippen LogP contribution >= 0.6 is 0 Å². The largest absolute Gasteiger partial charge is 0.497 e. The van der Waals surface area contributed by atoms with Crippen LogP contribution in [0.5, 0.6) is 5.75 Å². The van der Waals surface area contributed by atoms with E-state index >= 15 is 0 Å². The maximum absolute atomic E-state index is 5.18. The minimum Gasteiger partial charge on any atom is -0.497 e. The molecule has 2 aromatic rings. The van der Waals surface area contributed by atoms with Gasteiger partial charge in [-0.3, -0.25) is 0 Å². The van der Waals surface area contributed by atoms with Crippen molar-refractivity contribution in [1.82, 2.24) is 15.3 Å². The number of nitrogens with zero attached hydrogens (tertiary/aromatic N) is 2. The summed E-state index contributed by atoms with van der Waals surface area (Å²) < 4.78 is 5.18. The third kappa shape index (κ3) is 3.22. The predicted molar refractivity (Wildman–Crippen MR) is 83.4 cm³/mol. The van der Waals surface area contributed by atoms with Crippen molar-refractivity contribution in [1.29, 1.82) is 0 Å². The lowest BCUT2D eigenvalue weighted by molar-refractivity contribution is 0.415. The van der Waals surface area contributed by atoms with Gasteiger partial charge in [-0.2, -0.15) is 0 Å². The molecule has 110 valence electrons. The van der Waals surface area contributed by atoms with Gasteiger partial charge in [0.25, 0.3) is 0 Å². The van der Waals surface area contributed by atoms with Gasteiger partial charge in [0, 0.05) is 35.1 Å². The summed E-state index contributed by atoms with van der Waals surface area (Å²) in [4.78, 5) is 9.33. The van der Waals surface area contributed by atoms with E-state index in [4.69, 9.17) is 4.74 Å². The van der Waals surface area contributed by atoms with Gasteiger partial charge in [0.05, 0.1) is 7.11 Å². The molecule has 1 aromatic carbocycles. The average Bonchev–Trinajstić information content (AvgIpc) is 3.30. The van der Waals surface area contributed by atoms with Gasteiger partial charge < -0.3 is 10.1 Å². The summed E-state index contributed by atoms with van der Waals surface area (Å²) in [5, 5.41) is 3.53. The zero-order valence-corrected chi connectivity index (χ0v) is 12.8. The number of nitrogens with one attached hydrogen (secondary N) is 1. The highest BCUT2D eigenvalue weighted by atomic mass is 16.5. The van der Waals surface area contributed by atoms with E-state index in [0.717, 1.165) is 35.1 Å². The van der Waals surface area contributed by atoms with Crippen molar-refractivity contribution in [2.45, 2.75) is 39.3 Å². The molecule has 0 bridgehead atoms. The molecule has 1 saturated carbocycles. The van der Waals surface area contributed by atoms with E-state index < -0.39 is 0 Å². The van der Waals surface area contributed by atoms with Crippen molar-refractivity contribution in [2.75, 3.05) is 7.11 Å². The van der Waals surface area contributed by atoms with Gasteiger partial charge in [-0.25, -0.2) is 9.97 Å². The SMILES string of the molecule is COc1ccc(-c2nc(C)c(CNC3CC3)c(C)n2)cc1. The number of aromatic nitrogens is 2. The molecule has 1 heterocycles. The molecule has 4 nitrogen and oxygen atoms in total. The van der Waals surface area contributed by atoms with Crippen molar-refractivity contribution in [3.8, 4) is 17.1 Å². The average molecular weight is 283 g/mol. The Labute approximate surface area is 125 Å². The standard InChI is InChI=1S/C17H21N3O/c1-11-16(10-18-14-6-7-14)12(2)20-17(19-11)13-4-8-15(21-3)9-5-13/h4-5,8-9,14,18H,6-7,10H2,1-3H3. The van der Waals surface area contributed by atoms with Gasteiger partial charge in [-0.15, -0.1) is 0 Å². The first-order chi connectivity index (χ1) is 10.2. The van der Waals surface area contributed by atoms with Crippen LogP contribution in [-0.2, 0) is 6.54 Å². The van der Waals surface area contributed by atoms with Crippen LogP contribution in [0.2, 0.25) is 0 Å². The molecule has 0 amide bonds. The zero-order chi connectivity index (χ0) is 14.8. The quantitative estimate of drug-likeness (QED) is 0.916. The number of hydrogen-bond donors (Lipinski definition) is 1. The van der Waals surface area contributed by atoms with E-state index in [0.29, 0.717) is 6.04 Å². The van der Waals surface area contributed by atoms with E-state index in [2.05, 4.69) is 29.1 Å². The topological polar surface area (TPSA) is 47.0 Å². The monoisotopic (exact) mass is 283 g/mol. The number of rotatable bonds is 5. The lowest BCUT2D eigenvalue weighted by Crippen LogP contribution is -2.18. The van der Waals surface area contributed by atoms with E-state index in [1.807, 2.05) is 24.3 Å². The first kappa shape index (κ1) is 14.0. The predicted octanol–water partition coefficient (Wildman–Crippen LogP) is 3.02. The molecule has 0 aliphatic heterocycles. The lowest BCUT2D eigenvalue weighted by Gasteiger charge is -2.12. The summed E-state index contributed by atoms with van der Waals surface area (Å²) in [6, 6.07) is 8.56. The highest BCUT2D eigenvalue weighted by Crippen LogP contribution is 2.23. The minimum atomic E-state index is 0.699. The first-order valence-electron chi connectivity index (χ1n) is 7.39. The molecule has 4 heteroatoms. The number of benzene rings is 1. The summed E-state index contributed by atoms with van der Waals surface area (Å²) in [5.74, 6) is 1.63. The summed E-state index contributed by atoms with van der Waals surface area (Å²) in [6.07, 6.45) is 2.59. The first-order valence-corrected chi connectivity index (χ1v) is 7.39. The summed E-state index contributed by atoms with van der Waals surface area (Å²) in [6.45, 7) is 4.99. The molecule has 1 N–H and O–H groups in total. The molecule has 0 saturated heterocycles. The Kier molecular flexibility index (Phi) is 3.88. The number of ether oxygens (including phenoxy) is 1. The molecular weight excluding hydrogens is 262 g/mol. The van der Waals surface area contributed by atoms with E-state index in [-0.39, 0.29) is 0 Å². The zero-order valence-electron chi connectivity index (χ0n) is 12.8. The van der Waals surface area contributed by atoms with Crippen LogP contribution in [-0.4, -0.2) is 23.1 Å². The second kappa shape index (κ2) is 5.82. The van der Waals surface area contributed by atoms with E-state index in [1.54, 1.807) is 7.11 Å². The van der Waals surface area contributed by atoms with Crippen molar-refractivity contribution < 1.29 is 4.74 Å². The van der Waals surface area contributed by atoms with Gasteiger partial charge in [0.15, 0.2) is 5.82 Å². The molecule has 1 aliphatic rings. The molecule has 3 rings (SSSR count). The molecule has 0 unspecified atom stereocenters. The third-order valence-corrected chi connectivity index (χ3v) is 3.91. The molecule has 0 spiro atoms. The Morgan fingerprint density at radius 3 is 2.24 bits per heavy atom. The number of methoxy groups -OCH3 is 1. The summed E-state index contributed by atoms with van der Waals surface area (Å²) >= 11 is 0. The fraction of sp³-hybridized carbons (Fsp3) is 0.412. The van der Waals surface area contributed by atoms with E-state index in [9.17, 15) is 0 Å². The Hall–Kier alpha value is -1.94. The smallest absolute Gasteiger partial charge is 0.159 e. The highest BCUT2D eigenvalue weighted by molar-refractivity contribution is 5.57. The van der Waals surface area contributed by atoms with Crippen molar-refractivity contribution in [2.24, 2.45) is 0 Å². The fourth-order valence-electron chi connectivity index (χ4n) is 2.40. The molecule has 1 aromatic heterocycles. The molecule has 0 radical (unpaired) electrons. The summed E-state index contributed by atoms with van der Waals surface area (Å²) in [5.41, 5.74) is 4.35. The number of hydrogen-bond acceptors (Lipinski definition) is 4. The minimum absolute atomic E-state index is 0.699. The highest BCUT2D eigenvalue weighted by Gasteiger charge is 2.21. The van der Waals surface area contributed by atoms with Gasteiger partial charge in [0.1, 0.15) is 5.75 Å². The maximum Gasteiger partial charge on any atom is 0.159 e. The second-order valence-electron chi connectivity index (χ2n) is 5.58. The van der Waals surface area contributed by atoms with Gasteiger partial charge >= 0.3 is 0 Å².